The van der Waals surface area contributed by atoms with E-state index in [1.807, 2.05) is 26.0 Å². The molecule has 0 bridgehead atoms. The summed E-state index contributed by atoms with van der Waals surface area (Å²) in [7, 11) is 1.55. The highest BCUT2D eigenvalue weighted by Crippen LogP contribution is 2.24. The van der Waals surface area contributed by atoms with Crippen LogP contribution >= 0.6 is 0 Å². The van der Waals surface area contributed by atoms with Crippen LogP contribution < -0.4 is 5.69 Å². The van der Waals surface area contributed by atoms with Crippen LogP contribution in [-0.2, 0) is 24.8 Å². The van der Waals surface area contributed by atoms with Gasteiger partial charge in [0.15, 0.2) is 0 Å². The molecule has 0 N–H and O–H groups in total. The number of aromatic nitrogens is 4. The summed E-state index contributed by atoms with van der Waals surface area (Å²) in [5.41, 5.74) is 4.78. The van der Waals surface area contributed by atoms with Crippen LogP contribution in [0.15, 0.2) is 51.4 Å². The van der Waals surface area contributed by atoms with Crippen LogP contribution in [0.5, 0.6) is 0 Å². The first-order chi connectivity index (χ1) is 15.0. The average molecular weight is 422 g/mol. The smallest absolute Gasteiger partial charge is 0.368 e. The molecule has 0 spiro atoms. The van der Waals surface area contributed by atoms with E-state index < -0.39 is 0 Å². The second kappa shape index (κ2) is 8.63. The van der Waals surface area contributed by atoms with E-state index in [0.717, 1.165) is 40.8 Å². The lowest BCUT2D eigenvalue weighted by molar-refractivity contribution is 0.282. The molecule has 1 aliphatic carbocycles. The molecule has 0 radical (unpaired) electrons. The van der Waals surface area contributed by atoms with Gasteiger partial charge in [0.1, 0.15) is 12.4 Å². The lowest BCUT2D eigenvalue weighted by atomic mass is 10.1. The first-order valence-electron chi connectivity index (χ1n) is 10.1. The highest BCUT2D eigenvalue weighted by Gasteiger charge is 2.18. The molecule has 1 heterocycles. The quantitative estimate of drug-likeness (QED) is 0.359. The van der Waals surface area contributed by atoms with E-state index in [-0.39, 0.29) is 18.1 Å². The number of fused-ring (bicyclic) bond motifs is 1. The average Bonchev–Trinajstić information content (AvgIpc) is 3.31. The Balaban J connectivity index is 1.57. The number of halogens is 1. The zero-order valence-electron chi connectivity index (χ0n) is 17.7. The third kappa shape index (κ3) is 4.16. The molecular weight excluding hydrogens is 399 g/mol. The zero-order chi connectivity index (χ0) is 22.0. The predicted molar refractivity (Wildman–Crippen MR) is 115 cm³/mol. The van der Waals surface area contributed by atoms with Crippen LogP contribution in [-0.4, -0.2) is 31.4 Å². The molecule has 2 aromatic carbocycles. The minimum Gasteiger partial charge on any atom is -0.475 e. The van der Waals surface area contributed by atoms with Gasteiger partial charge in [-0.1, -0.05) is 19.1 Å². The molecule has 0 saturated heterocycles. The van der Waals surface area contributed by atoms with Crippen LogP contribution in [0.25, 0.3) is 5.69 Å². The Labute approximate surface area is 178 Å². The SMILES string of the molecule is CCC(=N/N=C1\CCc2cc(F)ccc21)OCc1c(C)cccc1-n1nnn(C)c1=O. The number of benzene rings is 2. The Morgan fingerprint density at radius 1 is 1.23 bits per heavy atom. The minimum absolute atomic E-state index is 0.213. The summed E-state index contributed by atoms with van der Waals surface area (Å²) < 4.78 is 21.8. The molecule has 160 valence electrons. The molecule has 3 aromatic rings. The summed E-state index contributed by atoms with van der Waals surface area (Å²) >= 11 is 0. The molecule has 0 amide bonds. The summed E-state index contributed by atoms with van der Waals surface area (Å²) in [6, 6.07) is 10.3. The molecule has 8 nitrogen and oxygen atoms in total. The van der Waals surface area contributed by atoms with Crippen molar-refractivity contribution in [3.63, 3.8) is 0 Å². The third-order valence-electron chi connectivity index (χ3n) is 5.31. The second-order valence-electron chi connectivity index (χ2n) is 7.35. The maximum absolute atomic E-state index is 13.4. The molecule has 0 saturated carbocycles. The van der Waals surface area contributed by atoms with Gasteiger partial charge in [-0.2, -0.15) is 14.5 Å². The maximum atomic E-state index is 13.4. The van der Waals surface area contributed by atoms with Crippen molar-refractivity contribution in [1.29, 1.82) is 0 Å². The van der Waals surface area contributed by atoms with Gasteiger partial charge in [-0.15, -0.1) is 5.10 Å². The summed E-state index contributed by atoms with van der Waals surface area (Å²) in [4.78, 5) is 12.3. The monoisotopic (exact) mass is 422 g/mol. The number of hydrogen-bond donors (Lipinski definition) is 0. The Kier molecular flexibility index (Phi) is 5.75. The molecule has 1 aromatic heterocycles. The predicted octanol–water partition coefficient (Wildman–Crippen LogP) is 3.09. The standard InChI is InChI=1S/C22H23FN6O2/c1-4-21(25-24-19-11-8-15-12-16(23)9-10-17(15)19)31-13-18-14(2)6-5-7-20(18)29-22(30)28(3)26-27-29/h5-7,9-10,12H,4,8,11,13H2,1-3H3/b24-19+,25-21?. The number of nitrogens with zero attached hydrogens (tertiary/aromatic N) is 6. The highest BCUT2D eigenvalue weighted by molar-refractivity contribution is 6.04. The molecule has 0 aliphatic heterocycles. The van der Waals surface area contributed by atoms with Gasteiger partial charge < -0.3 is 4.74 Å². The molecule has 0 fully saturated rings. The van der Waals surface area contributed by atoms with Gasteiger partial charge in [0, 0.05) is 24.6 Å². The summed E-state index contributed by atoms with van der Waals surface area (Å²) in [6.45, 7) is 4.09. The number of rotatable bonds is 5. The lowest BCUT2D eigenvalue weighted by Gasteiger charge is -2.13. The molecule has 0 unspecified atom stereocenters. The number of aryl methyl sites for hydroxylation is 3. The molecule has 9 heteroatoms. The van der Waals surface area contributed by atoms with E-state index in [0.29, 0.717) is 18.0 Å². The Morgan fingerprint density at radius 2 is 2.06 bits per heavy atom. The van der Waals surface area contributed by atoms with Crippen LogP contribution in [0.3, 0.4) is 0 Å². The summed E-state index contributed by atoms with van der Waals surface area (Å²) in [5.74, 6) is 0.237. The van der Waals surface area contributed by atoms with E-state index >= 15 is 0 Å². The fourth-order valence-corrected chi connectivity index (χ4v) is 3.55. The minimum atomic E-state index is -0.334. The largest absolute Gasteiger partial charge is 0.475 e. The van der Waals surface area contributed by atoms with Crippen molar-refractivity contribution in [3.8, 4) is 5.69 Å². The van der Waals surface area contributed by atoms with E-state index in [9.17, 15) is 9.18 Å². The van der Waals surface area contributed by atoms with Crippen LogP contribution in [0.2, 0.25) is 0 Å². The van der Waals surface area contributed by atoms with E-state index in [1.54, 1.807) is 25.2 Å². The highest BCUT2D eigenvalue weighted by atomic mass is 19.1. The third-order valence-corrected chi connectivity index (χ3v) is 5.31. The van der Waals surface area contributed by atoms with Crippen molar-refractivity contribution in [1.82, 2.24) is 19.8 Å². The Bertz CT molecular complexity index is 1240. The fraction of sp³-hybridized carbons (Fsp3) is 0.318. The van der Waals surface area contributed by atoms with Crippen molar-refractivity contribution in [2.24, 2.45) is 17.3 Å². The van der Waals surface area contributed by atoms with E-state index in [2.05, 4.69) is 20.6 Å². The van der Waals surface area contributed by atoms with E-state index in [4.69, 9.17) is 4.74 Å². The zero-order valence-corrected chi connectivity index (χ0v) is 17.7. The summed E-state index contributed by atoms with van der Waals surface area (Å²) in [6.07, 6.45) is 2.03. The Morgan fingerprint density at radius 3 is 2.81 bits per heavy atom. The molecule has 0 atom stereocenters. The van der Waals surface area contributed by atoms with Gasteiger partial charge >= 0.3 is 5.69 Å². The van der Waals surface area contributed by atoms with Crippen molar-refractivity contribution in [2.45, 2.75) is 39.7 Å². The van der Waals surface area contributed by atoms with E-state index in [1.165, 1.54) is 15.4 Å². The maximum Gasteiger partial charge on any atom is 0.368 e. The van der Waals surface area contributed by atoms with Gasteiger partial charge in [0.2, 0.25) is 5.90 Å². The van der Waals surface area contributed by atoms with Crippen molar-refractivity contribution in [3.05, 3.63) is 75.0 Å². The van der Waals surface area contributed by atoms with Gasteiger partial charge in [-0.3, -0.25) is 0 Å². The number of ether oxygens (including phenoxy) is 1. The molecular formula is C22H23FN6O2. The molecule has 31 heavy (non-hydrogen) atoms. The molecule has 4 rings (SSSR count). The summed E-state index contributed by atoms with van der Waals surface area (Å²) in [5, 5.41) is 16.4. The topological polar surface area (TPSA) is 86.7 Å². The Hall–Kier alpha value is -3.62. The van der Waals surface area contributed by atoms with Crippen molar-refractivity contribution >= 4 is 11.6 Å². The van der Waals surface area contributed by atoms with Gasteiger partial charge in [0.05, 0.1) is 11.4 Å². The van der Waals surface area contributed by atoms with Crippen LogP contribution in [0.1, 0.15) is 42.0 Å². The molecule has 1 aliphatic rings. The first kappa shape index (κ1) is 20.6. The number of tetrazole rings is 1. The normalized spacial score (nSPS) is 14.8. The van der Waals surface area contributed by atoms with Crippen LogP contribution in [0.4, 0.5) is 4.39 Å². The first-order valence-corrected chi connectivity index (χ1v) is 10.1. The van der Waals surface area contributed by atoms with Gasteiger partial charge in [-0.25, -0.2) is 9.18 Å². The fourth-order valence-electron chi connectivity index (χ4n) is 3.55. The van der Waals surface area contributed by atoms with Crippen molar-refractivity contribution in [2.75, 3.05) is 0 Å². The number of hydrogen-bond acceptors (Lipinski definition) is 6. The second-order valence-corrected chi connectivity index (χ2v) is 7.35. The van der Waals surface area contributed by atoms with Crippen molar-refractivity contribution < 1.29 is 9.13 Å². The van der Waals surface area contributed by atoms with Gasteiger partial charge in [0.25, 0.3) is 0 Å². The van der Waals surface area contributed by atoms with Crippen LogP contribution in [0, 0.1) is 12.7 Å². The lowest BCUT2D eigenvalue weighted by Crippen LogP contribution is -2.23. The van der Waals surface area contributed by atoms with Gasteiger partial charge in [-0.05, 0) is 65.6 Å².